The van der Waals surface area contributed by atoms with Gasteiger partial charge >= 0.3 is 0 Å². The Morgan fingerprint density at radius 2 is 2.29 bits per heavy atom. The monoisotopic (exact) mass is 375 g/mol. The number of ether oxygens (including phenoxy) is 1. The van der Waals surface area contributed by atoms with Gasteiger partial charge in [0.05, 0.1) is 23.0 Å². The van der Waals surface area contributed by atoms with Gasteiger partial charge in [-0.05, 0) is 44.2 Å². The van der Waals surface area contributed by atoms with E-state index in [9.17, 15) is 14.9 Å². The smallest absolute Gasteiger partial charge is 0.285 e. The number of nitrogens with one attached hydrogen (secondary N) is 2. The number of nitro benzene ring substituents is 1. The molecule has 1 aliphatic rings. The van der Waals surface area contributed by atoms with E-state index in [4.69, 9.17) is 4.74 Å². The first-order valence-corrected chi connectivity index (χ1v) is 8.68. The van der Waals surface area contributed by atoms with Crippen LogP contribution in [0, 0.1) is 16.0 Å². The van der Waals surface area contributed by atoms with Crippen LogP contribution in [-0.4, -0.2) is 43.8 Å². The van der Waals surface area contributed by atoms with Crippen molar-refractivity contribution in [3.63, 3.8) is 0 Å². The molecule has 0 saturated carbocycles. The van der Waals surface area contributed by atoms with Gasteiger partial charge in [-0.1, -0.05) is 0 Å². The molecule has 0 bridgehead atoms. The van der Waals surface area contributed by atoms with Crippen molar-refractivity contribution in [2.75, 3.05) is 33.0 Å². The Hall–Kier alpha value is -1.51. The van der Waals surface area contributed by atoms with Crippen LogP contribution >= 0.6 is 24.2 Å². The minimum Gasteiger partial charge on any atom is -0.495 e. The molecule has 7 nitrogen and oxygen atoms in total. The van der Waals surface area contributed by atoms with E-state index in [1.54, 1.807) is 0 Å². The van der Waals surface area contributed by atoms with Gasteiger partial charge in [-0.3, -0.25) is 14.9 Å². The van der Waals surface area contributed by atoms with Gasteiger partial charge in [0, 0.05) is 6.54 Å². The molecule has 1 atom stereocenters. The third kappa shape index (κ3) is 4.99. The maximum atomic E-state index is 12.3. The lowest BCUT2D eigenvalue weighted by Gasteiger charge is -2.12. The predicted octanol–water partition coefficient (Wildman–Crippen LogP) is 2.48. The molecule has 1 aliphatic heterocycles. The summed E-state index contributed by atoms with van der Waals surface area (Å²) in [4.78, 5) is 23.7. The quantitative estimate of drug-likeness (QED) is 0.432. The van der Waals surface area contributed by atoms with Gasteiger partial charge in [-0.15, -0.1) is 24.2 Å². The maximum Gasteiger partial charge on any atom is 0.285 e. The number of carbonyl (C=O) groups excluding carboxylic acids is 1. The molecule has 1 heterocycles. The van der Waals surface area contributed by atoms with Crippen LogP contribution in [0.2, 0.25) is 0 Å². The largest absolute Gasteiger partial charge is 0.495 e. The third-order valence-corrected chi connectivity index (χ3v) is 4.70. The fourth-order valence-electron chi connectivity index (χ4n) is 2.65. The molecular formula is C15H22ClN3O4S. The molecular weight excluding hydrogens is 354 g/mol. The normalized spacial score (nSPS) is 16.3. The fourth-order valence-corrected chi connectivity index (χ4v) is 3.23. The van der Waals surface area contributed by atoms with Gasteiger partial charge in [-0.25, -0.2) is 0 Å². The van der Waals surface area contributed by atoms with Crippen LogP contribution in [0.1, 0.15) is 23.2 Å². The first-order valence-electron chi connectivity index (χ1n) is 7.46. The number of methoxy groups -OCH3 is 1. The number of benzene rings is 1. The van der Waals surface area contributed by atoms with Crippen LogP contribution in [0.25, 0.3) is 0 Å². The lowest BCUT2D eigenvalue weighted by atomic mass is 10.1. The molecule has 134 valence electrons. The molecule has 0 aromatic heterocycles. The van der Waals surface area contributed by atoms with Gasteiger partial charge in [0.2, 0.25) is 0 Å². The summed E-state index contributed by atoms with van der Waals surface area (Å²) in [5.41, 5.74) is -0.163. The summed E-state index contributed by atoms with van der Waals surface area (Å²) in [5.74, 6) is 0.543. The molecule has 1 aromatic carbocycles. The molecule has 2 rings (SSSR count). The number of carbonyl (C=O) groups is 1. The molecule has 1 aromatic rings. The second-order valence-electron chi connectivity index (χ2n) is 5.38. The standard InChI is InChI=1S/C15H21N3O4S.ClH/c1-22-13-8-12(18(20)21)11(7-14(13)23-2)15(19)17-6-4-10-3-5-16-9-10;/h7-8,10,16H,3-6,9H2,1-2H3,(H,17,19);1H. The highest BCUT2D eigenvalue weighted by Crippen LogP contribution is 2.34. The molecule has 0 spiro atoms. The highest BCUT2D eigenvalue weighted by atomic mass is 35.5. The number of hydrogen-bond acceptors (Lipinski definition) is 6. The maximum absolute atomic E-state index is 12.3. The molecule has 0 radical (unpaired) electrons. The topological polar surface area (TPSA) is 93.5 Å². The minimum atomic E-state index is -0.553. The lowest BCUT2D eigenvalue weighted by molar-refractivity contribution is -0.385. The molecule has 1 unspecified atom stereocenters. The molecule has 1 saturated heterocycles. The average molecular weight is 376 g/mol. The predicted molar refractivity (Wildman–Crippen MR) is 96.6 cm³/mol. The van der Waals surface area contributed by atoms with Gasteiger partial charge in [0.15, 0.2) is 0 Å². The SMILES string of the molecule is COc1cc([N+](=O)[O-])c(C(=O)NCCC2CCNC2)cc1SC.Cl. The van der Waals surface area contributed by atoms with E-state index in [2.05, 4.69) is 10.6 Å². The highest BCUT2D eigenvalue weighted by Gasteiger charge is 2.24. The van der Waals surface area contributed by atoms with Gasteiger partial charge < -0.3 is 15.4 Å². The summed E-state index contributed by atoms with van der Waals surface area (Å²) in [6.07, 6.45) is 3.81. The highest BCUT2D eigenvalue weighted by molar-refractivity contribution is 7.98. The number of nitrogens with zero attached hydrogens (tertiary/aromatic N) is 1. The zero-order valence-corrected chi connectivity index (χ0v) is 15.3. The Balaban J connectivity index is 0.00000288. The van der Waals surface area contributed by atoms with Crippen LogP contribution in [-0.2, 0) is 0 Å². The molecule has 1 amide bonds. The number of rotatable bonds is 7. The number of amides is 1. The van der Waals surface area contributed by atoms with Gasteiger partial charge in [0.25, 0.3) is 11.6 Å². The van der Waals surface area contributed by atoms with Crippen LogP contribution in [0.15, 0.2) is 17.0 Å². The minimum absolute atomic E-state index is 0. The lowest BCUT2D eigenvalue weighted by Crippen LogP contribution is -2.27. The zero-order chi connectivity index (χ0) is 16.8. The average Bonchev–Trinajstić information content (AvgIpc) is 3.06. The van der Waals surface area contributed by atoms with E-state index < -0.39 is 10.8 Å². The second kappa shape index (κ2) is 9.71. The Bertz CT molecular complexity index is 594. The van der Waals surface area contributed by atoms with E-state index in [1.165, 1.54) is 31.0 Å². The van der Waals surface area contributed by atoms with E-state index in [0.717, 1.165) is 25.9 Å². The summed E-state index contributed by atoms with van der Waals surface area (Å²) < 4.78 is 5.15. The van der Waals surface area contributed by atoms with Gasteiger partial charge in [-0.2, -0.15) is 0 Å². The van der Waals surface area contributed by atoms with Crippen molar-refractivity contribution in [3.05, 3.63) is 27.8 Å². The van der Waals surface area contributed by atoms with Gasteiger partial charge in [0.1, 0.15) is 11.3 Å². The molecule has 2 N–H and O–H groups in total. The second-order valence-corrected chi connectivity index (χ2v) is 6.23. The third-order valence-electron chi connectivity index (χ3n) is 3.94. The summed E-state index contributed by atoms with van der Waals surface area (Å²) in [6.45, 7) is 2.50. The Labute approximate surface area is 151 Å². The molecule has 9 heteroatoms. The first-order chi connectivity index (χ1) is 11.1. The van der Waals surface area contributed by atoms with Crippen molar-refractivity contribution in [2.45, 2.75) is 17.7 Å². The number of hydrogen-bond donors (Lipinski definition) is 2. The number of nitro groups is 1. The molecule has 1 fully saturated rings. The van der Waals surface area contributed by atoms with E-state index in [-0.39, 0.29) is 23.7 Å². The van der Waals surface area contributed by atoms with Crippen LogP contribution < -0.4 is 15.4 Å². The van der Waals surface area contributed by atoms with E-state index >= 15 is 0 Å². The van der Waals surface area contributed by atoms with E-state index in [0.29, 0.717) is 23.1 Å². The number of halogens is 1. The first kappa shape index (κ1) is 20.5. The summed E-state index contributed by atoms with van der Waals surface area (Å²) in [7, 11) is 1.45. The van der Waals surface area contributed by atoms with Crippen molar-refractivity contribution in [3.8, 4) is 5.75 Å². The summed E-state index contributed by atoms with van der Waals surface area (Å²) in [5, 5.41) is 17.3. The van der Waals surface area contributed by atoms with Crippen molar-refractivity contribution in [1.29, 1.82) is 0 Å². The Morgan fingerprint density at radius 1 is 1.54 bits per heavy atom. The van der Waals surface area contributed by atoms with Crippen molar-refractivity contribution >= 4 is 35.8 Å². The summed E-state index contributed by atoms with van der Waals surface area (Å²) >= 11 is 1.38. The van der Waals surface area contributed by atoms with Crippen molar-refractivity contribution in [2.24, 2.45) is 5.92 Å². The molecule has 0 aliphatic carbocycles. The Morgan fingerprint density at radius 3 is 2.83 bits per heavy atom. The fraction of sp³-hybridized carbons (Fsp3) is 0.533. The van der Waals surface area contributed by atoms with E-state index in [1.807, 2.05) is 6.26 Å². The summed E-state index contributed by atoms with van der Waals surface area (Å²) in [6, 6.07) is 2.83. The zero-order valence-electron chi connectivity index (χ0n) is 13.7. The molecule has 24 heavy (non-hydrogen) atoms. The van der Waals surface area contributed by atoms with Crippen molar-refractivity contribution in [1.82, 2.24) is 10.6 Å². The Kier molecular flexibility index (Phi) is 8.30. The van der Waals surface area contributed by atoms with Crippen LogP contribution in [0.3, 0.4) is 0 Å². The number of thioether (sulfide) groups is 1. The van der Waals surface area contributed by atoms with Crippen LogP contribution in [0.4, 0.5) is 5.69 Å². The van der Waals surface area contributed by atoms with Crippen molar-refractivity contribution < 1.29 is 14.5 Å². The van der Waals surface area contributed by atoms with Crippen LogP contribution in [0.5, 0.6) is 5.75 Å².